The summed E-state index contributed by atoms with van der Waals surface area (Å²) >= 11 is 1.45. The Kier molecular flexibility index (Phi) is 3.57. The fourth-order valence-corrected chi connectivity index (χ4v) is 3.46. The standard InChI is InChI=1S/C15H20N4OS/c1-4-9-15(2)17-11-8-6-5-7-10(11)12-13(20)16-14(21-3)18-19(12)15/h5-8,12,17H,4,9H2,1-3H3,(H,16,18,20)/t12-,15-/m0/s1. The summed E-state index contributed by atoms with van der Waals surface area (Å²) < 4.78 is 0. The first-order valence-electron chi connectivity index (χ1n) is 7.19. The highest BCUT2D eigenvalue weighted by Crippen LogP contribution is 2.42. The van der Waals surface area contributed by atoms with E-state index in [4.69, 9.17) is 0 Å². The summed E-state index contributed by atoms with van der Waals surface area (Å²) in [5, 5.41) is 13.7. The number of carbonyl (C=O) groups is 1. The largest absolute Gasteiger partial charge is 0.361 e. The number of benzene rings is 1. The molecule has 3 rings (SSSR count). The number of rotatable bonds is 2. The van der Waals surface area contributed by atoms with Gasteiger partial charge in [-0.15, -0.1) is 5.10 Å². The van der Waals surface area contributed by atoms with Crippen LogP contribution in [0.1, 0.15) is 38.3 Å². The number of nitrogens with one attached hydrogen (secondary N) is 2. The summed E-state index contributed by atoms with van der Waals surface area (Å²) in [7, 11) is 0. The van der Waals surface area contributed by atoms with Gasteiger partial charge in [0.05, 0.1) is 0 Å². The minimum absolute atomic E-state index is 0.00868. The van der Waals surface area contributed by atoms with E-state index >= 15 is 0 Å². The first-order valence-corrected chi connectivity index (χ1v) is 8.41. The predicted molar refractivity (Wildman–Crippen MR) is 87.1 cm³/mol. The van der Waals surface area contributed by atoms with Crippen molar-refractivity contribution < 1.29 is 4.79 Å². The molecule has 2 atom stereocenters. The third-order valence-electron chi connectivity index (χ3n) is 4.02. The topological polar surface area (TPSA) is 56.7 Å². The van der Waals surface area contributed by atoms with E-state index in [1.54, 1.807) is 0 Å². The lowest BCUT2D eigenvalue weighted by molar-refractivity contribution is -0.129. The van der Waals surface area contributed by atoms with Crippen molar-refractivity contribution in [2.24, 2.45) is 5.10 Å². The van der Waals surface area contributed by atoms with Crippen molar-refractivity contribution in [2.75, 3.05) is 11.6 Å². The molecule has 2 N–H and O–H groups in total. The SMILES string of the molecule is CCC[C@@]1(C)Nc2ccccc2[C@H]2C(=O)NC(SC)=NN21. The number of amidine groups is 1. The number of para-hydroxylation sites is 1. The van der Waals surface area contributed by atoms with Crippen LogP contribution in [0.25, 0.3) is 0 Å². The van der Waals surface area contributed by atoms with Crippen LogP contribution in [0.4, 0.5) is 5.69 Å². The molecule has 0 bridgehead atoms. The molecule has 6 heteroatoms. The van der Waals surface area contributed by atoms with Gasteiger partial charge >= 0.3 is 0 Å². The molecule has 1 aromatic carbocycles. The molecule has 112 valence electrons. The number of anilines is 1. The van der Waals surface area contributed by atoms with Crippen LogP contribution in [-0.4, -0.2) is 28.0 Å². The number of hydrogen-bond acceptors (Lipinski definition) is 5. The zero-order chi connectivity index (χ0) is 15.0. The van der Waals surface area contributed by atoms with Crippen LogP contribution >= 0.6 is 11.8 Å². The molecule has 0 radical (unpaired) electrons. The van der Waals surface area contributed by atoms with Gasteiger partial charge in [-0.05, 0) is 25.7 Å². The van der Waals surface area contributed by atoms with Crippen LogP contribution in [0.2, 0.25) is 0 Å². The Labute approximate surface area is 129 Å². The number of thioether (sulfide) groups is 1. The molecule has 1 aromatic rings. The molecule has 2 aliphatic heterocycles. The Hall–Kier alpha value is -1.69. The third-order valence-corrected chi connectivity index (χ3v) is 4.59. The second-order valence-electron chi connectivity index (χ2n) is 5.58. The van der Waals surface area contributed by atoms with Crippen LogP contribution in [0, 0.1) is 0 Å². The molecule has 2 aliphatic rings. The van der Waals surface area contributed by atoms with Crippen LogP contribution < -0.4 is 10.6 Å². The zero-order valence-electron chi connectivity index (χ0n) is 12.5. The number of hydrazone groups is 1. The molecule has 0 fully saturated rings. The van der Waals surface area contributed by atoms with E-state index in [-0.39, 0.29) is 17.6 Å². The summed E-state index contributed by atoms with van der Waals surface area (Å²) in [5.41, 5.74) is 1.65. The molecule has 0 saturated carbocycles. The molecule has 0 spiro atoms. The molecule has 0 saturated heterocycles. The summed E-state index contributed by atoms with van der Waals surface area (Å²) in [6, 6.07) is 7.61. The number of fused-ring (bicyclic) bond motifs is 3. The molecule has 0 aromatic heterocycles. The van der Waals surface area contributed by atoms with Crippen molar-refractivity contribution in [3.63, 3.8) is 0 Å². The zero-order valence-corrected chi connectivity index (χ0v) is 13.3. The van der Waals surface area contributed by atoms with Gasteiger partial charge in [-0.1, -0.05) is 43.3 Å². The van der Waals surface area contributed by atoms with Crippen LogP contribution in [0.5, 0.6) is 0 Å². The maximum Gasteiger partial charge on any atom is 0.255 e. The highest BCUT2D eigenvalue weighted by molar-refractivity contribution is 8.13. The van der Waals surface area contributed by atoms with Gasteiger partial charge in [0.2, 0.25) is 0 Å². The number of amides is 1. The Balaban J connectivity index is 2.13. The van der Waals surface area contributed by atoms with Crippen molar-refractivity contribution >= 4 is 28.5 Å². The van der Waals surface area contributed by atoms with E-state index < -0.39 is 0 Å². The Morgan fingerprint density at radius 2 is 2.19 bits per heavy atom. The molecule has 1 amide bonds. The lowest BCUT2D eigenvalue weighted by Crippen LogP contribution is -2.60. The predicted octanol–water partition coefficient (Wildman–Crippen LogP) is 2.74. The van der Waals surface area contributed by atoms with E-state index in [1.807, 2.05) is 35.5 Å². The molecule has 5 nitrogen and oxygen atoms in total. The van der Waals surface area contributed by atoms with Gasteiger partial charge in [-0.3, -0.25) is 9.80 Å². The van der Waals surface area contributed by atoms with Crippen molar-refractivity contribution in [3.8, 4) is 0 Å². The molecular formula is C15H20N4OS. The first kappa shape index (κ1) is 14.3. The Morgan fingerprint density at radius 1 is 1.43 bits per heavy atom. The van der Waals surface area contributed by atoms with Gasteiger partial charge in [0.1, 0.15) is 5.66 Å². The third kappa shape index (κ3) is 2.27. The average molecular weight is 304 g/mol. The van der Waals surface area contributed by atoms with E-state index in [1.165, 1.54) is 11.8 Å². The fourth-order valence-electron chi connectivity index (χ4n) is 3.09. The van der Waals surface area contributed by atoms with Crippen molar-refractivity contribution in [1.29, 1.82) is 0 Å². The summed E-state index contributed by atoms with van der Waals surface area (Å²) in [6.07, 6.45) is 3.85. The van der Waals surface area contributed by atoms with Gasteiger partial charge in [0, 0.05) is 11.3 Å². The molecule has 21 heavy (non-hydrogen) atoms. The van der Waals surface area contributed by atoms with Crippen LogP contribution in [-0.2, 0) is 4.79 Å². The molecular weight excluding hydrogens is 284 g/mol. The average Bonchev–Trinajstić information content (AvgIpc) is 2.47. The molecule has 0 aliphatic carbocycles. The number of hydrogen-bond donors (Lipinski definition) is 2. The number of carbonyl (C=O) groups excluding carboxylic acids is 1. The molecule has 0 unspecified atom stereocenters. The number of nitrogens with zero attached hydrogens (tertiary/aromatic N) is 2. The van der Waals surface area contributed by atoms with E-state index in [9.17, 15) is 4.79 Å². The van der Waals surface area contributed by atoms with Gasteiger partial charge in [-0.2, -0.15) is 0 Å². The summed E-state index contributed by atoms with van der Waals surface area (Å²) in [5.74, 6) is -0.00868. The van der Waals surface area contributed by atoms with Crippen molar-refractivity contribution in [2.45, 2.75) is 38.4 Å². The minimum Gasteiger partial charge on any atom is -0.361 e. The van der Waals surface area contributed by atoms with Crippen molar-refractivity contribution in [1.82, 2.24) is 10.3 Å². The smallest absolute Gasteiger partial charge is 0.255 e. The van der Waals surface area contributed by atoms with Gasteiger partial charge < -0.3 is 10.6 Å². The highest BCUT2D eigenvalue weighted by atomic mass is 32.2. The van der Waals surface area contributed by atoms with E-state index in [0.717, 1.165) is 24.1 Å². The van der Waals surface area contributed by atoms with Gasteiger partial charge in [-0.25, -0.2) is 0 Å². The summed E-state index contributed by atoms with van der Waals surface area (Å²) in [4.78, 5) is 12.6. The maximum absolute atomic E-state index is 12.6. The maximum atomic E-state index is 12.6. The second-order valence-corrected chi connectivity index (χ2v) is 6.38. The van der Waals surface area contributed by atoms with Crippen LogP contribution in [0.15, 0.2) is 29.4 Å². The normalized spacial score (nSPS) is 27.2. The lowest BCUT2D eigenvalue weighted by Gasteiger charge is -2.50. The van der Waals surface area contributed by atoms with E-state index in [2.05, 4.69) is 29.6 Å². The van der Waals surface area contributed by atoms with Gasteiger partial charge in [0.25, 0.3) is 5.91 Å². The minimum atomic E-state index is -0.366. The monoisotopic (exact) mass is 304 g/mol. The molecule has 2 heterocycles. The Bertz CT molecular complexity index is 603. The Morgan fingerprint density at radius 3 is 2.90 bits per heavy atom. The van der Waals surface area contributed by atoms with E-state index in [0.29, 0.717) is 5.17 Å². The summed E-state index contributed by atoms with van der Waals surface area (Å²) in [6.45, 7) is 4.26. The second kappa shape index (κ2) is 5.26. The quantitative estimate of drug-likeness (QED) is 0.882. The van der Waals surface area contributed by atoms with Crippen LogP contribution in [0.3, 0.4) is 0 Å². The van der Waals surface area contributed by atoms with Crippen molar-refractivity contribution in [3.05, 3.63) is 29.8 Å². The highest BCUT2D eigenvalue weighted by Gasteiger charge is 2.46. The first-order chi connectivity index (χ1) is 10.1. The fraction of sp³-hybridized carbons (Fsp3) is 0.467. The lowest BCUT2D eigenvalue weighted by atomic mass is 9.92. The van der Waals surface area contributed by atoms with Gasteiger partial charge in [0.15, 0.2) is 11.2 Å².